The van der Waals surface area contributed by atoms with E-state index < -0.39 is 0 Å². The first-order valence-corrected chi connectivity index (χ1v) is 7.32. The highest BCUT2D eigenvalue weighted by atomic mass is 32.1. The first kappa shape index (κ1) is 11.9. The Hall–Kier alpha value is -1.20. The summed E-state index contributed by atoms with van der Waals surface area (Å²) in [5.74, 6) is 0. The molecule has 0 aliphatic carbocycles. The normalized spacial score (nSPS) is 18.3. The van der Waals surface area contributed by atoms with Gasteiger partial charge in [-0.3, -0.25) is 4.90 Å². The van der Waals surface area contributed by atoms with E-state index >= 15 is 0 Å². The molecule has 4 nitrogen and oxygen atoms in total. The second kappa shape index (κ2) is 5.20. The molecule has 0 unspecified atom stereocenters. The molecule has 1 fully saturated rings. The molecular weight excluding hydrogens is 244 g/mol. The standard InChI is InChI=1S/C13H18N4S/c1-11-4-9-18-13(11)10-16-6-2-12(3-7-16)17-8-5-14-15-17/h4-5,8-9,12H,2-3,6-7,10H2,1H3. The number of nitrogens with zero attached hydrogens (tertiary/aromatic N) is 4. The van der Waals surface area contributed by atoms with Crippen LogP contribution >= 0.6 is 11.3 Å². The van der Waals surface area contributed by atoms with Crippen LogP contribution in [0.25, 0.3) is 0 Å². The third kappa shape index (κ3) is 2.47. The topological polar surface area (TPSA) is 34.0 Å². The molecule has 3 heterocycles. The van der Waals surface area contributed by atoms with Gasteiger partial charge in [-0.1, -0.05) is 5.21 Å². The Kier molecular flexibility index (Phi) is 3.43. The van der Waals surface area contributed by atoms with Gasteiger partial charge in [0.05, 0.1) is 12.2 Å². The quantitative estimate of drug-likeness (QED) is 0.852. The van der Waals surface area contributed by atoms with Crippen molar-refractivity contribution in [3.8, 4) is 0 Å². The number of likely N-dealkylation sites (tertiary alicyclic amines) is 1. The maximum absolute atomic E-state index is 4.10. The van der Waals surface area contributed by atoms with Gasteiger partial charge in [0.25, 0.3) is 0 Å². The average molecular weight is 262 g/mol. The van der Waals surface area contributed by atoms with E-state index in [1.165, 1.54) is 23.3 Å². The molecule has 0 bridgehead atoms. The monoisotopic (exact) mass is 262 g/mol. The number of thiophene rings is 1. The molecule has 0 radical (unpaired) electrons. The molecule has 0 atom stereocenters. The maximum Gasteiger partial charge on any atom is 0.0693 e. The Morgan fingerprint density at radius 2 is 2.22 bits per heavy atom. The number of piperidine rings is 1. The van der Waals surface area contributed by atoms with Crippen LogP contribution in [0.1, 0.15) is 29.3 Å². The van der Waals surface area contributed by atoms with Gasteiger partial charge in [-0.25, -0.2) is 4.68 Å². The molecule has 0 saturated carbocycles. The predicted molar refractivity (Wildman–Crippen MR) is 72.6 cm³/mol. The Morgan fingerprint density at radius 3 is 2.83 bits per heavy atom. The van der Waals surface area contributed by atoms with Crippen molar-refractivity contribution in [1.29, 1.82) is 0 Å². The molecular formula is C13H18N4S. The summed E-state index contributed by atoms with van der Waals surface area (Å²) < 4.78 is 2.01. The maximum atomic E-state index is 4.10. The van der Waals surface area contributed by atoms with Crippen molar-refractivity contribution in [2.45, 2.75) is 32.4 Å². The minimum Gasteiger partial charge on any atom is -0.298 e. The first-order chi connectivity index (χ1) is 8.83. The van der Waals surface area contributed by atoms with Gasteiger partial charge in [-0.2, -0.15) is 0 Å². The lowest BCUT2D eigenvalue weighted by Crippen LogP contribution is -2.34. The molecule has 96 valence electrons. The molecule has 0 aromatic carbocycles. The van der Waals surface area contributed by atoms with Gasteiger partial charge < -0.3 is 0 Å². The fourth-order valence-electron chi connectivity index (χ4n) is 2.52. The average Bonchev–Trinajstić information content (AvgIpc) is 3.03. The van der Waals surface area contributed by atoms with E-state index in [0.717, 1.165) is 19.6 Å². The van der Waals surface area contributed by atoms with Crippen molar-refractivity contribution in [2.24, 2.45) is 0 Å². The molecule has 0 amide bonds. The van der Waals surface area contributed by atoms with Gasteiger partial charge in [0.1, 0.15) is 0 Å². The van der Waals surface area contributed by atoms with Crippen LogP contribution in [0.4, 0.5) is 0 Å². The predicted octanol–water partition coefficient (Wildman–Crippen LogP) is 2.49. The van der Waals surface area contributed by atoms with E-state index in [4.69, 9.17) is 0 Å². The Labute approximate surface area is 111 Å². The zero-order valence-corrected chi connectivity index (χ0v) is 11.4. The summed E-state index contributed by atoms with van der Waals surface area (Å²) >= 11 is 1.87. The summed E-state index contributed by atoms with van der Waals surface area (Å²) in [6.07, 6.45) is 6.09. The molecule has 1 aliphatic rings. The largest absolute Gasteiger partial charge is 0.298 e. The summed E-state index contributed by atoms with van der Waals surface area (Å²) in [6.45, 7) is 5.62. The van der Waals surface area contributed by atoms with Crippen LogP contribution in [-0.2, 0) is 6.54 Å². The van der Waals surface area contributed by atoms with Gasteiger partial charge >= 0.3 is 0 Å². The van der Waals surface area contributed by atoms with Crippen molar-refractivity contribution >= 4 is 11.3 Å². The second-order valence-electron chi connectivity index (χ2n) is 4.92. The minimum atomic E-state index is 0.535. The minimum absolute atomic E-state index is 0.535. The first-order valence-electron chi connectivity index (χ1n) is 6.44. The third-order valence-corrected chi connectivity index (χ3v) is 4.72. The van der Waals surface area contributed by atoms with Crippen molar-refractivity contribution in [3.05, 3.63) is 34.3 Å². The van der Waals surface area contributed by atoms with Crippen LogP contribution in [-0.4, -0.2) is 33.0 Å². The SMILES string of the molecule is Cc1ccsc1CN1CCC(n2ccnn2)CC1. The van der Waals surface area contributed by atoms with Crippen molar-refractivity contribution in [3.63, 3.8) is 0 Å². The summed E-state index contributed by atoms with van der Waals surface area (Å²) in [5.41, 5.74) is 1.43. The summed E-state index contributed by atoms with van der Waals surface area (Å²) in [4.78, 5) is 4.06. The highest BCUT2D eigenvalue weighted by Gasteiger charge is 2.21. The zero-order valence-electron chi connectivity index (χ0n) is 10.6. The van der Waals surface area contributed by atoms with Crippen LogP contribution in [0.3, 0.4) is 0 Å². The molecule has 1 saturated heterocycles. The number of hydrogen-bond acceptors (Lipinski definition) is 4. The summed E-state index contributed by atoms with van der Waals surface area (Å²) in [7, 11) is 0. The van der Waals surface area contributed by atoms with Gasteiger partial charge in [0.2, 0.25) is 0 Å². The van der Waals surface area contributed by atoms with Gasteiger partial charge in [0.15, 0.2) is 0 Å². The zero-order chi connectivity index (χ0) is 12.4. The third-order valence-electron chi connectivity index (χ3n) is 3.71. The lowest BCUT2D eigenvalue weighted by atomic mass is 10.1. The summed E-state index contributed by atoms with van der Waals surface area (Å²) in [6, 6.07) is 2.75. The van der Waals surface area contributed by atoms with Gasteiger partial charge in [0, 0.05) is 30.7 Å². The summed E-state index contributed by atoms with van der Waals surface area (Å²) in [5, 5.41) is 10.2. The molecule has 0 spiro atoms. The Bertz CT molecular complexity index is 483. The smallest absolute Gasteiger partial charge is 0.0693 e. The number of hydrogen-bond donors (Lipinski definition) is 0. The molecule has 0 N–H and O–H groups in total. The Morgan fingerprint density at radius 1 is 1.39 bits per heavy atom. The lowest BCUT2D eigenvalue weighted by Gasteiger charge is -2.31. The number of aromatic nitrogens is 3. The Balaban J connectivity index is 1.56. The molecule has 5 heteroatoms. The molecule has 1 aliphatic heterocycles. The van der Waals surface area contributed by atoms with E-state index in [1.54, 1.807) is 6.20 Å². The fourth-order valence-corrected chi connectivity index (χ4v) is 3.47. The van der Waals surface area contributed by atoms with Gasteiger partial charge in [-0.15, -0.1) is 16.4 Å². The van der Waals surface area contributed by atoms with Gasteiger partial charge in [-0.05, 0) is 36.8 Å². The van der Waals surface area contributed by atoms with Crippen LogP contribution in [0.5, 0.6) is 0 Å². The fraction of sp³-hybridized carbons (Fsp3) is 0.538. The van der Waals surface area contributed by atoms with E-state index in [2.05, 4.69) is 33.6 Å². The van der Waals surface area contributed by atoms with E-state index in [9.17, 15) is 0 Å². The highest BCUT2D eigenvalue weighted by molar-refractivity contribution is 7.10. The van der Waals surface area contributed by atoms with Crippen LogP contribution in [0.15, 0.2) is 23.8 Å². The van der Waals surface area contributed by atoms with Crippen molar-refractivity contribution in [1.82, 2.24) is 19.9 Å². The highest BCUT2D eigenvalue weighted by Crippen LogP contribution is 2.24. The number of aryl methyl sites for hydroxylation is 1. The van der Waals surface area contributed by atoms with E-state index in [-0.39, 0.29) is 0 Å². The van der Waals surface area contributed by atoms with Crippen LogP contribution in [0.2, 0.25) is 0 Å². The van der Waals surface area contributed by atoms with Crippen LogP contribution < -0.4 is 0 Å². The molecule has 18 heavy (non-hydrogen) atoms. The van der Waals surface area contributed by atoms with Crippen molar-refractivity contribution in [2.75, 3.05) is 13.1 Å². The molecule has 2 aromatic heterocycles. The van der Waals surface area contributed by atoms with E-state index in [1.807, 2.05) is 22.2 Å². The second-order valence-corrected chi connectivity index (χ2v) is 5.92. The molecule has 2 aromatic rings. The number of rotatable bonds is 3. The lowest BCUT2D eigenvalue weighted by molar-refractivity contribution is 0.173. The molecule has 3 rings (SSSR count). The van der Waals surface area contributed by atoms with Crippen molar-refractivity contribution < 1.29 is 0 Å². The van der Waals surface area contributed by atoms with E-state index in [0.29, 0.717) is 6.04 Å². The van der Waals surface area contributed by atoms with Crippen LogP contribution in [0, 0.1) is 6.92 Å².